The monoisotopic (exact) mass is 360 g/mol. The number of thioether (sulfide) groups is 1. The summed E-state index contributed by atoms with van der Waals surface area (Å²) in [6.07, 6.45) is 3.35. The minimum absolute atomic E-state index is 0.680. The van der Waals surface area contributed by atoms with Crippen LogP contribution in [-0.2, 0) is 18.6 Å². The first-order chi connectivity index (χ1) is 12.7. The molecule has 5 heteroatoms. The van der Waals surface area contributed by atoms with Crippen LogP contribution in [0.1, 0.15) is 40.2 Å². The Hall–Kier alpha value is -2.58. The van der Waals surface area contributed by atoms with Crippen LogP contribution in [0.3, 0.4) is 0 Å². The molecule has 0 N–H and O–H groups in total. The lowest BCUT2D eigenvalue weighted by Crippen LogP contribution is -2.01. The summed E-state index contributed by atoms with van der Waals surface area (Å²) in [6, 6.07) is 14.6. The normalized spacial score (nSPS) is 12.8. The molecule has 2 heterocycles. The van der Waals surface area contributed by atoms with E-state index in [2.05, 4.69) is 27.9 Å². The summed E-state index contributed by atoms with van der Waals surface area (Å²) in [7, 11) is 0. The fraction of sp³-hybridized carbons (Fsp3) is 0.286. The average molecular weight is 360 g/mol. The highest BCUT2D eigenvalue weighted by molar-refractivity contribution is 7.98. The Labute approximate surface area is 157 Å². The van der Waals surface area contributed by atoms with E-state index >= 15 is 0 Å². The highest BCUT2D eigenvalue weighted by atomic mass is 32.2. The molecule has 1 aromatic carbocycles. The highest BCUT2D eigenvalue weighted by Crippen LogP contribution is 2.32. The van der Waals surface area contributed by atoms with Gasteiger partial charge in [-0.3, -0.25) is 0 Å². The Morgan fingerprint density at radius 1 is 1.19 bits per heavy atom. The minimum atomic E-state index is 0.680. The number of nitrogens with zero attached hydrogens (tertiary/aromatic N) is 4. The SMILES string of the molecule is Cc1cc(C)c(C#N)c(SCc2nn(-c3ccccc3)c3c2CCC3)n1. The maximum atomic E-state index is 9.47. The quantitative estimate of drug-likeness (QED) is 0.641. The van der Waals surface area contributed by atoms with Gasteiger partial charge in [-0.25, -0.2) is 9.67 Å². The lowest BCUT2D eigenvalue weighted by atomic mass is 10.1. The van der Waals surface area contributed by atoms with Gasteiger partial charge in [-0.05, 0) is 62.4 Å². The largest absolute Gasteiger partial charge is 0.245 e. The molecule has 0 fully saturated rings. The van der Waals surface area contributed by atoms with E-state index in [0.29, 0.717) is 5.56 Å². The highest BCUT2D eigenvalue weighted by Gasteiger charge is 2.23. The van der Waals surface area contributed by atoms with Crippen LogP contribution in [0.15, 0.2) is 41.4 Å². The van der Waals surface area contributed by atoms with E-state index in [4.69, 9.17) is 5.10 Å². The smallest absolute Gasteiger partial charge is 0.115 e. The molecule has 1 aliphatic rings. The first kappa shape index (κ1) is 16.9. The number of fused-ring (bicyclic) bond motifs is 1. The van der Waals surface area contributed by atoms with Gasteiger partial charge in [0.1, 0.15) is 11.1 Å². The molecule has 0 atom stereocenters. The Balaban J connectivity index is 1.66. The fourth-order valence-corrected chi connectivity index (χ4v) is 4.66. The van der Waals surface area contributed by atoms with Crippen LogP contribution in [0.25, 0.3) is 5.69 Å². The molecule has 1 aliphatic carbocycles. The number of hydrogen-bond acceptors (Lipinski definition) is 4. The van der Waals surface area contributed by atoms with E-state index in [1.54, 1.807) is 11.8 Å². The number of aryl methyl sites for hydroxylation is 2. The Kier molecular flexibility index (Phi) is 4.52. The standard InChI is InChI=1S/C21H20N4S/c1-14-11-15(2)23-21(18(14)12-22)26-13-19-17-9-6-10-20(17)25(24-19)16-7-4-3-5-8-16/h3-5,7-8,11H,6,9-10,13H2,1-2H3. The molecular weight excluding hydrogens is 340 g/mol. The number of rotatable bonds is 4. The van der Waals surface area contributed by atoms with Crippen LogP contribution in [0.5, 0.6) is 0 Å². The molecule has 3 aromatic rings. The molecule has 0 spiro atoms. The van der Waals surface area contributed by atoms with Crippen LogP contribution in [-0.4, -0.2) is 14.8 Å². The van der Waals surface area contributed by atoms with E-state index in [0.717, 1.165) is 46.3 Å². The van der Waals surface area contributed by atoms with Crippen molar-refractivity contribution in [1.29, 1.82) is 5.26 Å². The van der Waals surface area contributed by atoms with Crippen LogP contribution in [0.4, 0.5) is 0 Å². The number of hydrogen-bond donors (Lipinski definition) is 0. The van der Waals surface area contributed by atoms with Crippen molar-refractivity contribution in [3.8, 4) is 11.8 Å². The van der Waals surface area contributed by atoms with Gasteiger partial charge in [-0.15, -0.1) is 0 Å². The molecule has 0 saturated heterocycles. The summed E-state index contributed by atoms with van der Waals surface area (Å²) in [5.74, 6) is 0.743. The van der Waals surface area contributed by atoms with Crippen LogP contribution >= 0.6 is 11.8 Å². The molecule has 0 radical (unpaired) electrons. The third-order valence-electron chi connectivity index (χ3n) is 4.78. The lowest BCUT2D eigenvalue weighted by Gasteiger charge is -2.07. The van der Waals surface area contributed by atoms with Gasteiger partial charge >= 0.3 is 0 Å². The summed E-state index contributed by atoms with van der Waals surface area (Å²) in [5, 5.41) is 15.2. The maximum Gasteiger partial charge on any atom is 0.115 e. The Morgan fingerprint density at radius 3 is 2.77 bits per heavy atom. The fourth-order valence-electron chi connectivity index (χ4n) is 3.59. The summed E-state index contributed by atoms with van der Waals surface area (Å²) >= 11 is 1.62. The first-order valence-electron chi connectivity index (χ1n) is 8.83. The summed E-state index contributed by atoms with van der Waals surface area (Å²) < 4.78 is 2.10. The van der Waals surface area contributed by atoms with Crippen molar-refractivity contribution in [3.63, 3.8) is 0 Å². The van der Waals surface area contributed by atoms with Crippen LogP contribution in [0.2, 0.25) is 0 Å². The van der Waals surface area contributed by atoms with E-state index in [1.807, 2.05) is 38.1 Å². The van der Waals surface area contributed by atoms with Crippen molar-refractivity contribution in [3.05, 3.63) is 70.2 Å². The molecule has 0 unspecified atom stereocenters. The van der Waals surface area contributed by atoms with Crippen molar-refractivity contribution >= 4 is 11.8 Å². The topological polar surface area (TPSA) is 54.5 Å². The van der Waals surface area contributed by atoms with Crippen molar-refractivity contribution < 1.29 is 0 Å². The van der Waals surface area contributed by atoms with E-state index in [-0.39, 0.29) is 0 Å². The third-order valence-corrected chi connectivity index (χ3v) is 5.77. The van der Waals surface area contributed by atoms with Crippen LogP contribution < -0.4 is 0 Å². The number of pyridine rings is 1. The predicted octanol–water partition coefficient (Wildman–Crippen LogP) is 4.54. The van der Waals surface area contributed by atoms with E-state index in [1.165, 1.54) is 17.7 Å². The summed E-state index contributed by atoms with van der Waals surface area (Å²) in [5.41, 5.74) is 7.57. The molecule has 4 nitrogen and oxygen atoms in total. The minimum Gasteiger partial charge on any atom is -0.245 e. The molecule has 0 saturated carbocycles. The molecule has 130 valence electrons. The summed E-state index contributed by atoms with van der Waals surface area (Å²) in [6.45, 7) is 3.94. The van der Waals surface area contributed by atoms with Gasteiger partial charge in [0, 0.05) is 17.1 Å². The van der Waals surface area contributed by atoms with Gasteiger partial charge in [0.2, 0.25) is 0 Å². The third kappa shape index (κ3) is 3.02. The van der Waals surface area contributed by atoms with Gasteiger partial charge in [-0.2, -0.15) is 10.4 Å². The van der Waals surface area contributed by atoms with Crippen LogP contribution in [0, 0.1) is 25.2 Å². The molecule has 2 aromatic heterocycles. The Morgan fingerprint density at radius 2 is 2.00 bits per heavy atom. The van der Waals surface area contributed by atoms with Crippen molar-refractivity contribution in [2.45, 2.75) is 43.9 Å². The molecule has 0 bridgehead atoms. The van der Waals surface area contributed by atoms with Crippen molar-refractivity contribution in [1.82, 2.24) is 14.8 Å². The number of nitriles is 1. The zero-order chi connectivity index (χ0) is 18.1. The van der Waals surface area contributed by atoms with Crippen molar-refractivity contribution in [2.75, 3.05) is 0 Å². The lowest BCUT2D eigenvalue weighted by molar-refractivity contribution is 0.771. The van der Waals surface area contributed by atoms with Gasteiger partial charge in [0.25, 0.3) is 0 Å². The summed E-state index contributed by atoms with van der Waals surface area (Å²) in [4.78, 5) is 4.58. The molecular formula is C21H20N4S. The second kappa shape index (κ2) is 6.97. The van der Waals surface area contributed by atoms with E-state index in [9.17, 15) is 5.26 Å². The zero-order valence-corrected chi connectivity index (χ0v) is 15.8. The maximum absolute atomic E-state index is 9.47. The zero-order valence-electron chi connectivity index (χ0n) is 15.0. The number of benzene rings is 1. The second-order valence-electron chi connectivity index (χ2n) is 6.63. The molecule has 4 rings (SSSR count). The molecule has 0 aliphatic heterocycles. The van der Waals surface area contributed by atoms with Crippen molar-refractivity contribution in [2.24, 2.45) is 0 Å². The second-order valence-corrected chi connectivity index (χ2v) is 7.60. The number of aromatic nitrogens is 3. The van der Waals surface area contributed by atoms with Gasteiger partial charge in [-0.1, -0.05) is 30.0 Å². The predicted molar refractivity (Wildman–Crippen MR) is 104 cm³/mol. The van der Waals surface area contributed by atoms with E-state index < -0.39 is 0 Å². The van der Waals surface area contributed by atoms with Gasteiger partial charge in [0.15, 0.2) is 0 Å². The Bertz CT molecular complexity index is 999. The number of para-hydroxylation sites is 1. The molecule has 0 amide bonds. The van der Waals surface area contributed by atoms with Gasteiger partial charge < -0.3 is 0 Å². The van der Waals surface area contributed by atoms with Gasteiger partial charge in [0.05, 0.1) is 16.9 Å². The molecule has 26 heavy (non-hydrogen) atoms. The first-order valence-corrected chi connectivity index (χ1v) is 9.82. The average Bonchev–Trinajstić information content (AvgIpc) is 3.23.